The Morgan fingerprint density at radius 3 is 2.62 bits per heavy atom. The van der Waals surface area contributed by atoms with E-state index in [-0.39, 0.29) is 0 Å². The molecule has 3 aromatic rings. The van der Waals surface area contributed by atoms with Crippen LogP contribution in [0.3, 0.4) is 0 Å². The maximum Gasteiger partial charge on any atom is 0.265 e. The van der Waals surface area contributed by atoms with Crippen molar-refractivity contribution in [1.82, 2.24) is 29.7 Å². The molecule has 0 saturated carbocycles. The molecule has 0 N–H and O–H groups in total. The lowest BCUT2D eigenvalue weighted by Gasteiger charge is -2.31. The summed E-state index contributed by atoms with van der Waals surface area (Å²) >= 11 is 0. The van der Waals surface area contributed by atoms with E-state index in [1.807, 2.05) is 36.4 Å². The summed E-state index contributed by atoms with van der Waals surface area (Å²) in [6, 6.07) is 11.6. The van der Waals surface area contributed by atoms with Crippen molar-refractivity contribution in [3.05, 3.63) is 48.4 Å². The number of imidazole rings is 1. The van der Waals surface area contributed by atoms with E-state index in [1.165, 1.54) is 0 Å². The van der Waals surface area contributed by atoms with Crippen LogP contribution in [0, 0.1) is 0 Å². The molecule has 4 rings (SSSR count). The molecular formula is C17H20N6O. The fourth-order valence-electron chi connectivity index (χ4n) is 2.83. The Kier molecular flexibility index (Phi) is 4.10. The highest BCUT2D eigenvalue weighted by Crippen LogP contribution is 2.14. The fourth-order valence-corrected chi connectivity index (χ4v) is 2.83. The van der Waals surface area contributed by atoms with Crippen LogP contribution in [0.15, 0.2) is 42.7 Å². The Bertz CT molecular complexity index is 807. The van der Waals surface area contributed by atoms with Gasteiger partial charge in [0.25, 0.3) is 5.88 Å². The van der Waals surface area contributed by atoms with Crippen LogP contribution in [0.2, 0.25) is 0 Å². The first kappa shape index (κ1) is 15.0. The lowest BCUT2D eigenvalue weighted by atomic mass is 10.3. The van der Waals surface area contributed by atoms with Crippen molar-refractivity contribution in [2.24, 2.45) is 0 Å². The van der Waals surface area contributed by atoms with Crippen LogP contribution < -0.4 is 4.84 Å². The number of para-hydroxylation sites is 2. The number of benzene rings is 1. The molecular weight excluding hydrogens is 304 g/mol. The molecule has 1 saturated heterocycles. The van der Waals surface area contributed by atoms with Gasteiger partial charge in [0.15, 0.2) is 0 Å². The van der Waals surface area contributed by atoms with Crippen molar-refractivity contribution in [3.63, 3.8) is 0 Å². The van der Waals surface area contributed by atoms with Gasteiger partial charge in [-0.1, -0.05) is 12.1 Å². The van der Waals surface area contributed by atoms with Gasteiger partial charge in [-0.2, -0.15) is 9.83 Å². The highest BCUT2D eigenvalue weighted by atomic mass is 16.7. The van der Waals surface area contributed by atoms with Crippen LogP contribution in [0.1, 0.15) is 5.69 Å². The highest BCUT2D eigenvalue weighted by molar-refractivity contribution is 5.74. The second kappa shape index (κ2) is 6.54. The molecule has 7 nitrogen and oxygen atoms in total. The van der Waals surface area contributed by atoms with E-state index in [2.05, 4.69) is 32.0 Å². The van der Waals surface area contributed by atoms with E-state index in [0.717, 1.165) is 49.5 Å². The highest BCUT2D eigenvalue weighted by Gasteiger charge is 2.14. The average molecular weight is 324 g/mol. The first-order chi connectivity index (χ1) is 11.8. The quantitative estimate of drug-likeness (QED) is 0.723. The third-order valence-corrected chi connectivity index (χ3v) is 4.29. The van der Waals surface area contributed by atoms with Crippen LogP contribution in [0.4, 0.5) is 0 Å². The molecule has 0 atom stereocenters. The molecule has 1 fully saturated rings. The summed E-state index contributed by atoms with van der Waals surface area (Å²) < 4.78 is 1.61. The van der Waals surface area contributed by atoms with Crippen molar-refractivity contribution in [1.29, 1.82) is 0 Å². The Morgan fingerprint density at radius 1 is 1.00 bits per heavy atom. The molecule has 0 bridgehead atoms. The normalized spacial score (nSPS) is 16.5. The zero-order chi connectivity index (χ0) is 16.4. The second-order valence-corrected chi connectivity index (χ2v) is 6.09. The number of hydrogen-bond acceptors (Lipinski definition) is 6. The summed E-state index contributed by atoms with van der Waals surface area (Å²) in [5.41, 5.74) is 2.75. The molecule has 0 radical (unpaired) electrons. The van der Waals surface area contributed by atoms with Gasteiger partial charge in [-0.15, -0.1) is 5.10 Å². The largest absolute Gasteiger partial charge is 0.352 e. The van der Waals surface area contributed by atoms with Crippen LogP contribution in [-0.2, 0) is 6.54 Å². The van der Waals surface area contributed by atoms with Crippen LogP contribution in [0.25, 0.3) is 11.0 Å². The van der Waals surface area contributed by atoms with Gasteiger partial charge in [0.1, 0.15) is 11.8 Å². The van der Waals surface area contributed by atoms with E-state index in [9.17, 15) is 0 Å². The number of fused-ring (bicyclic) bond motifs is 1. The summed E-state index contributed by atoms with van der Waals surface area (Å²) in [6.07, 6.45) is 1.64. The van der Waals surface area contributed by atoms with Crippen molar-refractivity contribution >= 4 is 11.0 Å². The maximum absolute atomic E-state index is 5.75. The topological polar surface area (TPSA) is 59.3 Å². The third-order valence-electron chi connectivity index (χ3n) is 4.29. The molecule has 0 aliphatic carbocycles. The van der Waals surface area contributed by atoms with Gasteiger partial charge in [0, 0.05) is 38.8 Å². The molecule has 0 spiro atoms. The maximum atomic E-state index is 5.75. The van der Waals surface area contributed by atoms with Crippen LogP contribution in [0.5, 0.6) is 5.88 Å². The molecule has 0 amide bonds. The van der Waals surface area contributed by atoms with Gasteiger partial charge in [0.2, 0.25) is 0 Å². The van der Waals surface area contributed by atoms with E-state index < -0.39 is 0 Å². The number of piperazine rings is 1. The summed E-state index contributed by atoms with van der Waals surface area (Å²) in [4.78, 5) is 14.8. The first-order valence-electron chi connectivity index (χ1n) is 8.12. The smallest absolute Gasteiger partial charge is 0.265 e. The Labute approximate surface area is 140 Å². The fraction of sp³-hybridized carbons (Fsp3) is 0.353. The number of aromatic nitrogens is 4. The summed E-state index contributed by atoms with van der Waals surface area (Å²) in [7, 11) is 2.16. The van der Waals surface area contributed by atoms with Crippen molar-refractivity contribution in [3.8, 4) is 5.88 Å². The zero-order valence-corrected chi connectivity index (χ0v) is 13.7. The van der Waals surface area contributed by atoms with Crippen LogP contribution >= 0.6 is 0 Å². The minimum Gasteiger partial charge on any atom is -0.352 e. The standard InChI is InChI=1S/C17H20N6O/c1-21-8-10-22(11-9-21)12-14-6-7-17(20-19-14)24-23-13-18-15-4-2-3-5-16(15)23/h2-7,13H,8-12H2,1H3. The predicted molar refractivity (Wildman–Crippen MR) is 90.6 cm³/mol. The molecule has 0 unspecified atom stereocenters. The number of likely N-dealkylation sites (N-methyl/N-ethyl adjacent to an activating group) is 1. The Balaban J connectivity index is 1.42. The van der Waals surface area contributed by atoms with Crippen molar-refractivity contribution in [2.45, 2.75) is 6.54 Å². The van der Waals surface area contributed by atoms with E-state index >= 15 is 0 Å². The molecule has 1 aromatic carbocycles. The molecule has 1 aliphatic heterocycles. The van der Waals surface area contributed by atoms with Gasteiger partial charge in [-0.05, 0) is 25.2 Å². The Morgan fingerprint density at radius 2 is 1.83 bits per heavy atom. The minimum atomic E-state index is 0.459. The molecule has 3 heterocycles. The molecule has 124 valence electrons. The first-order valence-corrected chi connectivity index (χ1v) is 8.12. The van der Waals surface area contributed by atoms with Gasteiger partial charge < -0.3 is 9.74 Å². The number of hydrogen-bond donors (Lipinski definition) is 0. The summed E-state index contributed by atoms with van der Waals surface area (Å²) in [5.74, 6) is 0.459. The van der Waals surface area contributed by atoms with Gasteiger partial charge >= 0.3 is 0 Å². The lowest BCUT2D eigenvalue weighted by molar-refractivity contribution is 0.146. The summed E-state index contributed by atoms with van der Waals surface area (Å²) in [5, 5.41) is 8.47. The van der Waals surface area contributed by atoms with E-state index in [4.69, 9.17) is 4.84 Å². The predicted octanol–water partition coefficient (Wildman–Crippen LogP) is 1.42. The molecule has 7 heteroatoms. The lowest BCUT2D eigenvalue weighted by Crippen LogP contribution is -2.44. The van der Waals surface area contributed by atoms with Gasteiger partial charge in [0.05, 0.1) is 11.2 Å². The number of rotatable bonds is 4. The van der Waals surface area contributed by atoms with Crippen LogP contribution in [-0.4, -0.2) is 62.9 Å². The Hall–Kier alpha value is -2.51. The van der Waals surface area contributed by atoms with E-state index in [0.29, 0.717) is 5.88 Å². The summed E-state index contributed by atoms with van der Waals surface area (Å²) in [6.45, 7) is 5.16. The number of nitrogens with zero attached hydrogens (tertiary/aromatic N) is 6. The van der Waals surface area contributed by atoms with E-state index in [1.54, 1.807) is 11.1 Å². The molecule has 2 aromatic heterocycles. The zero-order valence-electron chi connectivity index (χ0n) is 13.7. The monoisotopic (exact) mass is 324 g/mol. The van der Waals surface area contributed by atoms with Crippen molar-refractivity contribution in [2.75, 3.05) is 33.2 Å². The second-order valence-electron chi connectivity index (χ2n) is 6.09. The molecule has 24 heavy (non-hydrogen) atoms. The van der Waals surface area contributed by atoms with Gasteiger partial charge in [-0.25, -0.2) is 4.98 Å². The SMILES string of the molecule is CN1CCN(Cc2ccc(On3cnc4ccccc43)nn2)CC1. The molecule has 1 aliphatic rings. The van der Waals surface area contributed by atoms with Crippen molar-refractivity contribution < 1.29 is 4.84 Å². The third kappa shape index (κ3) is 3.22. The average Bonchev–Trinajstić information content (AvgIpc) is 3.02. The van der Waals surface area contributed by atoms with Gasteiger partial charge in [-0.3, -0.25) is 4.90 Å². The minimum absolute atomic E-state index is 0.459.